The second-order valence-corrected chi connectivity index (χ2v) is 6.10. The first kappa shape index (κ1) is 14.5. The van der Waals surface area contributed by atoms with Gasteiger partial charge in [0.25, 0.3) is 0 Å². The molecular weight excluding hydrogens is 348 g/mol. The Hall–Kier alpha value is -1.43. The largest absolute Gasteiger partial charge is 0.384 e. The predicted octanol–water partition coefficient (Wildman–Crippen LogP) is 4.64. The maximum absolute atomic E-state index is 5.51. The highest BCUT2D eigenvalue weighted by Gasteiger charge is 2.10. The van der Waals surface area contributed by atoms with E-state index in [-0.39, 0.29) is 0 Å². The summed E-state index contributed by atoms with van der Waals surface area (Å²) >= 11 is 9.00. The molecule has 2 aromatic carbocycles. The normalized spacial score (nSPS) is 11.1. The Morgan fingerprint density at radius 1 is 1.24 bits per heavy atom. The summed E-state index contributed by atoms with van der Waals surface area (Å²) in [6.07, 6.45) is 0.859. The molecule has 0 aliphatic carbocycles. The average Bonchev–Trinajstić information content (AvgIpc) is 2.80. The second kappa shape index (κ2) is 6.13. The number of nitrogens with zero attached hydrogens (tertiary/aromatic N) is 1. The van der Waals surface area contributed by atoms with E-state index in [1.807, 2.05) is 24.3 Å². The minimum Gasteiger partial charge on any atom is -0.384 e. The Balaban J connectivity index is 2.21. The number of aromatic amines is 1. The smallest absolute Gasteiger partial charge is 0.182 e. The quantitative estimate of drug-likeness (QED) is 0.685. The Labute approximate surface area is 136 Å². The van der Waals surface area contributed by atoms with Crippen LogP contribution >= 0.6 is 28.1 Å². The van der Waals surface area contributed by atoms with Gasteiger partial charge >= 0.3 is 0 Å². The molecule has 0 saturated carbocycles. The number of rotatable bonds is 4. The summed E-state index contributed by atoms with van der Waals surface area (Å²) in [5.41, 5.74) is 4.43. The summed E-state index contributed by atoms with van der Waals surface area (Å²) in [5, 5.41) is 0. The molecule has 0 atom stereocenters. The fraction of sp³-hybridized carbons (Fsp3) is 0.188. The molecule has 1 aromatic heterocycles. The van der Waals surface area contributed by atoms with Gasteiger partial charge in [0.05, 0.1) is 23.3 Å². The summed E-state index contributed by atoms with van der Waals surface area (Å²) in [6, 6.07) is 14.4. The lowest BCUT2D eigenvalue weighted by Gasteiger charge is -2.11. The van der Waals surface area contributed by atoms with Crippen LogP contribution in [-0.2, 0) is 11.2 Å². The van der Waals surface area contributed by atoms with Crippen LogP contribution in [0.25, 0.3) is 16.7 Å². The van der Waals surface area contributed by atoms with Crippen molar-refractivity contribution in [2.75, 3.05) is 13.7 Å². The van der Waals surface area contributed by atoms with Crippen molar-refractivity contribution in [3.05, 3.63) is 57.3 Å². The molecule has 0 radical (unpaired) electrons. The van der Waals surface area contributed by atoms with E-state index >= 15 is 0 Å². The highest BCUT2D eigenvalue weighted by Crippen LogP contribution is 2.25. The zero-order valence-corrected chi connectivity index (χ0v) is 14.0. The van der Waals surface area contributed by atoms with Crippen molar-refractivity contribution in [2.45, 2.75) is 6.42 Å². The van der Waals surface area contributed by atoms with Crippen molar-refractivity contribution in [1.29, 1.82) is 0 Å². The zero-order chi connectivity index (χ0) is 14.8. The van der Waals surface area contributed by atoms with Gasteiger partial charge in [-0.2, -0.15) is 0 Å². The molecule has 3 nitrogen and oxygen atoms in total. The summed E-state index contributed by atoms with van der Waals surface area (Å²) in [7, 11) is 1.72. The van der Waals surface area contributed by atoms with Crippen molar-refractivity contribution in [3.63, 3.8) is 0 Å². The molecule has 108 valence electrons. The Morgan fingerprint density at radius 2 is 2.05 bits per heavy atom. The molecule has 0 unspecified atom stereocenters. The van der Waals surface area contributed by atoms with Crippen LogP contribution in [0.4, 0.5) is 0 Å². The van der Waals surface area contributed by atoms with Crippen LogP contribution in [0.3, 0.4) is 0 Å². The van der Waals surface area contributed by atoms with Gasteiger partial charge in [-0.3, -0.25) is 4.57 Å². The molecular formula is C16H15BrN2OS. The SMILES string of the molecule is COCCc1ccccc1-n1c(=S)[nH]c2cc(Br)ccc21. The number of para-hydroxylation sites is 1. The zero-order valence-electron chi connectivity index (χ0n) is 11.6. The molecule has 1 N–H and O–H groups in total. The third-order valence-corrected chi connectivity index (χ3v) is 4.23. The van der Waals surface area contributed by atoms with Gasteiger partial charge in [0, 0.05) is 11.6 Å². The van der Waals surface area contributed by atoms with Crippen molar-refractivity contribution >= 4 is 39.2 Å². The highest BCUT2D eigenvalue weighted by molar-refractivity contribution is 9.10. The van der Waals surface area contributed by atoms with E-state index < -0.39 is 0 Å². The third-order valence-electron chi connectivity index (χ3n) is 3.45. The number of ether oxygens (including phenoxy) is 1. The fourth-order valence-corrected chi connectivity index (χ4v) is 3.14. The lowest BCUT2D eigenvalue weighted by molar-refractivity contribution is 0.202. The maximum atomic E-state index is 5.51. The van der Waals surface area contributed by atoms with E-state index in [1.165, 1.54) is 5.56 Å². The number of H-pyrrole nitrogens is 1. The fourth-order valence-electron chi connectivity index (χ4n) is 2.48. The van der Waals surface area contributed by atoms with E-state index in [4.69, 9.17) is 17.0 Å². The number of fused-ring (bicyclic) bond motifs is 1. The highest BCUT2D eigenvalue weighted by atomic mass is 79.9. The minimum absolute atomic E-state index is 0.693. The van der Waals surface area contributed by atoms with E-state index in [0.717, 1.165) is 27.6 Å². The lowest BCUT2D eigenvalue weighted by atomic mass is 10.1. The first-order valence-electron chi connectivity index (χ1n) is 6.68. The topological polar surface area (TPSA) is 29.9 Å². The number of methoxy groups -OCH3 is 1. The van der Waals surface area contributed by atoms with Gasteiger partial charge in [0.2, 0.25) is 0 Å². The van der Waals surface area contributed by atoms with Gasteiger partial charge < -0.3 is 9.72 Å². The van der Waals surface area contributed by atoms with Gasteiger partial charge in [-0.05, 0) is 48.5 Å². The van der Waals surface area contributed by atoms with E-state index in [9.17, 15) is 0 Å². The number of hydrogen-bond acceptors (Lipinski definition) is 2. The number of imidazole rings is 1. The van der Waals surface area contributed by atoms with E-state index in [0.29, 0.717) is 11.4 Å². The van der Waals surface area contributed by atoms with Gasteiger partial charge in [-0.25, -0.2) is 0 Å². The molecule has 3 aromatic rings. The van der Waals surface area contributed by atoms with Gasteiger partial charge in [-0.15, -0.1) is 0 Å². The number of nitrogens with one attached hydrogen (secondary N) is 1. The molecule has 0 fully saturated rings. The van der Waals surface area contributed by atoms with Crippen LogP contribution in [0.15, 0.2) is 46.9 Å². The number of hydrogen-bond donors (Lipinski definition) is 1. The van der Waals surface area contributed by atoms with Crippen molar-refractivity contribution in [3.8, 4) is 5.69 Å². The molecule has 0 aliphatic heterocycles. The number of halogens is 1. The third kappa shape index (κ3) is 2.81. The second-order valence-electron chi connectivity index (χ2n) is 4.80. The van der Waals surface area contributed by atoms with Crippen LogP contribution < -0.4 is 0 Å². The Bertz CT molecular complexity index is 838. The van der Waals surface area contributed by atoms with Crippen molar-refractivity contribution in [2.24, 2.45) is 0 Å². The maximum Gasteiger partial charge on any atom is 0.182 e. The Morgan fingerprint density at radius 3 is 2.86 bits per heavy atom. The summed E-state index contributed by atoms with van der Waals surface area (Å²) in [4.78, 5) is 3.27. The molecule has 0 spiro atoms. The standard InChI is InChI=1S/C16H15BrN2OS/c1-20-9-8-11-4-2-3-5-14(11)19-15-7-6-12(17)10-13(15)18-16(19)21/h2-7,10H,8-9H2,1H3,(H,18,21). The van der Waals surface area contributed by atoms with Crippen LogP contribution in [0.2, 0.25) is 0 Å². The van der Waals surface area contributed by atoms with Crippen molar-refractivity contribution < 1.29 is 4.74 Å². The lowest BCUT2D eigenvalue weighted by Crippen LogP contribution is -2.02. The number of aromatic nitrogens is 2. The molecule has 0 amide bonds. The van der Waals surface area contributed by atoms with Gasteiger partial charge in [0.15, 0.2) is 4.77 Å². The molecule has 0 saturated heterocycles. The van der Waals surface area contributed by atoms with Gasteiger partial charge in [0.1, 0.15) is 0 Å². The molecule has 3 rings (SSSR count). The first-order valence-corrected chi connectivity index (χ1v) is 7.88. The first-order chi connectivity index (χ1) is 10.2. The van der Waals surface area contributed by atoms with Gasteiger partial charge in [-0.1, -0.05) is 34.1 Å². The van der Waals surface area contributed by atoms with Crippen LogP contribution in [-0.4, -0.2) is 23.3 Å². The predicted molar refractivity (Wildman–Crippen MR) is 91.7 cm³/mol. The van der Waals surface area contributed by atoms with Crippen molar-refractivity contribution in [1.82, 2.24) is 9.55 Å². The average molecular weight is 363 g/mol. The van der Waals surface area contributed by atoms with Crippen LogP contribution in [0.5, 0.6) is 0 Å². The monoisotopic (exact) mass is 362 g/mol. The summed E-state index contributed by atoms with van der Waals surface area (Å²) in [5.74, 6) is 0. The van der Waals surface area contributed by atoms with E-state index in [1.54, 1.807) is 7.11 Å². The molecule has 1 heterocycles. The molecule has 21 heavy (non-hydrogen) atoms. The number of benzene rings is 2. The molecule has 5 heteroatoms. The minimum atomic E-state index is 0.693. The van der Waals surface area contributed by atoms with Crippen LogP contribution in [0.1, 0.15) is 5.56 Å². The summed E-state index contributed by atoms with van der Waals surface area (Å²) < 4.78 is 9.02. The van der Waals surface area contributed by atoms with E-state index in [2.05, 4.69) is 43.7 Å². The Kier molecular flexibility index (Phi) is 4.24. The molecule has 0 bridgehead atoms. The summed E-state index contributed by atoms with van der Waals surface area (Å²) in [6.45, 7) is 0.693. The molecule has 0 aliphatic rings. The van der Waals surface area contributed by atoms with Crippen LogP contribution in [0, 0.1) is 4.77 Å².